The molecule has 1 aliphatic heterocycles. The summed E-state index contributed by atoms with van der Waals surface area (Å²) in [6.45, 7) is 4.83. The highest BCUT2D eigenvalue weighted by Crippen LogP contribution is 2.47. The Hall–Kier alpha value is -1.39. The number of carbonyl (C=O) groups is 1. The van der Waals surface area contributed by atoms with Crippen LogP contribution in [0.3, 0.4) is 0 Å². The van der Waals surface area contributed by atoms with Gasteiger partial charge in [-0.15, -0.1) is 0 Å². The molecule has 1 saturated carbocycles. The van der Waals surface area contributed by atoms with Crippen LogP contribution in [0.4, 0.5) is 0 Å². The molecular formula is C19H28N2O2. The van der Waals surface area contributed by atoms with E-state index in [0.29, 0.717) is 12.5 Å². The van der Waals surface area contributed by atoms with E-state index in [9.17, 15) is 9.90 Å². The van der Waals surface area contributed by atoms with Gasteiger partial charge in [-0.2, -0.15) is 0 Å². The van der Waals surface area contributed by atoms with Gasteiger partial charge in [0.05, 0.1) is 12.6 Å². The SMILES string of the molecule is CC(O)C1CCCN(CC(=O)NCC2(c3ccccc3)CC2)C1. The minimum atomic E-state index is -0.284. The molecule has 0 radical (unpaired) electrons. The van der Waals surface area contributed by atoms with E-state index in [1.807, 2.05) is 13.0 Å². The van der Waals surface area contributed by atoms with Crippen molar-refractivity contribution < 1.29 is 9.90 Å². The quantitative estimate of drug-likeness (QED) is 0.843. The first-order chi connectivity index (χ1) is 11.1. The number of piperidine rings is 1. The average Bonchev–Trinajstić information content (AvgIpc) is 3.35. The summed E-state index contributed by atoms with van der Waals surface area (Å²) in [5, 5.41) is 12.9. The Labute approximate surface area is 138 Å². The second-order valence-corrected chi connectivity index (χ2v) is 7.30. The molecule has 1 heterocycles. The maximum absolute atomic E-state index is 12.3. The fourth-order valence-corrected chi connectivity index (χ4v) is 3.67. The van der Waals surface area contributed by atoms with E-state index in [-0.39, 0.29) is 17.4 Å². The Morgan fingerprint density at radius 1 is 1.39 bits per heavy atom. The van der Waals surface area contributed by atoms with Crippen molar-refractivity contribution in [2.45, 2.75) is 44.1 Å². The third-order valence-corrected chi connectivity index (χ3v) is 5.46. The van der Waals surface area contributed by atoms with Gasteiger partial charge in [-0.25, -0.2) is 0 Å². The molecule has 2 unspecified atom stereocenters. The molecule has 2 atom stereocenters. The van der Waals surface area contributed by atoms with Gasteiger partial charge in [0.25, 0.3) is 0 Å². The lowest BCUT2D eigenvalue weighted by atomic mass is 9.93. The van der Waals surface area contributed by atoms with Gasteiger partial charge in [-0.3, -0.25) is 9.69 Å². The lowest BCUT2D eigenvalue weighted by Crippen LogP contribution is -2.45. The second-order valence-electron chi connectivity index (χ2n) is 7.30. The highest BCUT2D eigenvalue weighted by atomic mass is 16.3. The van der Waals surface area contributed by atoms with E-state index >= 15 is 0 Å². The van der Waals surface area contributed by atoms with Gasteiger partial charge in [-0.05, 0) is 50.6 Å². The lowest BCUT2D eigenvalue weighted by Gasteiger charge is -2.33. The van der Waals surface area contributed by atoms with E-state index in [4.69, 9.17) is 0 Å². The molecule has 2 N–H and O–H groups in total. The van der Waals surface area contributed by atoms with Crippen LogP contribution >= 0.6 is 0 Å². The smallest absolute Gasteiger partial charge is 0.234 e. The van der Waals surface area contributed by atoms with Gasteiger partial charge in [0.2, 0.25) is 5.91 Å². The van der Waals surface area contributed by atoms with Crippen LogP contribution in [0.2, 0.25) is 0 Å². The van der Waals surface area contributed by atoms with Crippen LogP contribution in [0, 0.1) is 5.92 Å². The Kier molecular flexibility index (Phi) is 5.02. The van der Waals surface area contributed by atoms with Crippen molar-refractivity contribution >= 4 is 5.91 Å². The Balaban J connectivity index is 1.47. The number of carbonyl (C=O) groups excluding carboxylic acids is 1. The lowest BCUT2D eigenvalue weighted by molar-refractivity contribution is -0.123. The molecule has 2 fully saturated rings. The van der Waals surface area contributed by atoms with Gasteiger partial charge < -0.3 is 10.4 Å². The maximum Gasteiger partial charge on any atom is 0.234 e. The van der Waals surface area contributed by atoms with Crippen LogP contribution in [0.5, 0.6) is 0 Å². The number of nitrogens with zero attached hydrogens (tertiary/aromatic N) is 1. The van der Waals surface area contributed by atoms with Crippen LogP contribution < -0.4 is 5.32 Å². The summed E-state index contributed by atoms with van der Waals surface area (Å²) in [4.78, 5) is 14.5. The van der Waals surface area contributed by atoms with Crippen molar-refractivity contribution in [2.75, 3.05) is 26.2 Å². The van der Waals surface area contributed by atoms with Crippen molar-refractivity contribution in [2.24, 2.45) is 5.92 Å². The number of aliphatic hydroxyl groups is 1. The number of amides is 1. The summed E-state index contributed by atoms with van der Waals surface area (Å²) >= 11 is 0. The molecule has 2 aliphatic rings. The molecule has 4 heteroatoms. The number of nitrogens with one attached hydrogen (secondary N) is 1. The molecule has 1 aromatic rings. The first-order valence-electron chi connectivity index (χ1n) is 8.82. The highest BCUT2D eigenvalue weighted by molar-refractivity contribution is 5.78. The van der Waals surface area contributed by atoms with Crippen molar-refractivity contribution in [1.82, 2.24) is 10.2 Å². The van der Waals surface area contributed by atoms with Crippen LogP contribution in [0.1, 0.15) is 38.2 Å². The molecule has 23 heavy (non-hydrogen) atoms. The van der Waals surface area contributed by atoms with E-state index in [1.54, 1.807) is 0 Å². The molecule has 126 valence electrons. The zero-order chi connectivity index (χ0) is 16.3. The third kappa shape index (κ3) is 4.12. The number of benzene rings is 1. The molecule has 0 aromatic heterocycles. The minimum Gasteiger partial charge on any atom is -0.393 e. The molecule has 1 saturated heterocycles. The van der Waals surface area contributed by atoms with E-state index in [1.165, 1.54) is 5.56 Å². The molecule has 0 bridgehead atoms. The summed E-state index contributed by atoms with van der Waals surface area (Å²) in [5.41, 5.74) is 1.51. The van der Waals surface area contributed by atoms with Gasteiger partial charge in [0.1, 0.15) is 0 Å². The van der Waals surface area contributed by atoms with Gasteiger partial charge in [-0.1, -0.05) is 30.3 Å². The molecule has 1 aromatic carbocycles. The van der Waals surface area contributed by atoms with Crippen molar-refractivity contribution in [3.63, 3.8) is 0 Å². The monoisotopic (exact) mass is 316 g/mol. The number of likely N-dealkylation sites (tertiary alicyclic amines) is 1. The van der Waals surface area contributed by atoms with Crippen molar-refractivity contribution in [1.29, 1.82) is 0 Å². The predicted octanol–water partition coefficient (Wildman–Crippen LogP) is 1.93. The fourth-order valence-electron chi connectivity index (χ4n) is 3.67. The predicted molar refractivity (Wildman–Crippen MR) is 91.2 cm³/mol. The standard InChI is InChI=1S/C19H28N2O2/c1-15(22)16-6-5-11-21(12-16)13-18(23)20-14-19(9-10-19)17-7-3-2-4-8-17/h2-4,7-8,15-16,22H,5-6,9-14H2,1H3,(H,20,23). The van der Waals surface area contributed by atoms with E-state index in [2.05, 4.69) is 34.5 Å². The second kappa shape index (κ2) is 7.02. The zero-order valence-corrected chi connectivity index (χ0v) is 14.0. The van der Waals surface area contributed by atoms with E-state index < -0.39 is 0 Å². The summed E-state index contributed by atoms with van der Waals surface area (Å²) in [6.07, 6.45) is 4.16. The average molecular weight is 316 g/mol. The minimum absolute atomic E-state index is 0.110. The van der Waals surface area contributed by atoms with Crippen LogP contribution in [-0.2, 0) is 10.2 Å². The van der Waals surface area contributed by atoms with Crippen LogP contribution in [-0.4, -0.2) is 48.2 Å². The Morgan fingerprint density at radius 3 is 2.78 bits per heavy atom. The Morgan fingerprint density at radius 2 is 2.13 bits per heavy atom. The number of hydrogen-bond donors (Lipinski definition) is 2. The first-order valence-corrected chi connectivity index (χ1v) is 8.82. The van der Waals surface area contributed by atoms with Crippen LogP contribution in [0.15, 0.2) is 30.3 Å². The molecule has 0 spiro atoms. The van der Waals surface area contributed by atoms with Gasteiger partial charge in [0, 0.05) is 18.5 Å². The van der Waals surface area contributed by atoms with Crippen molar-refractivity contribution in [3.05, 3.63) is 35.9 Å². The highest BCUT2D eigenvalue weighted by Gasteiger charge is 2.44. The number of aliphatic hydroxyl groups excluding tert-OH is 1. The third-order valence-electron chi connectivity index (χ3n) is 5.46. The number of hydrogen-bond acceptors (Lipinski definition) is 3. The number of rotatable bonds is 6. The summed E-state index contributed by atoms with van der Waals surface area (Å²) in [6, 6.07) is 10.5. The zero-order valence-electron chi connectivity index (χ0n) is 14.0. The molecule has 4 nitrogen and oxygen atoms in total. The Bertz CT molecular complexity index is 525. The van der Waals surface area contributed by atoms with Crippen molar-refractivity contribution in [3.8, 4) is 0 Å². The normalized spacial score (nSPS) is 24.9. The summed E-state index contributed by atoms with van der Waals surface area (Å²) in [5.74, 6) is 0.411. The van der Waals surface area contributed by atoms with E-state index in [0.717, 1.165) is 45.3 Å². The summed E-state index contributed by atoms with van der Waals surface area (Å²) < 4.78 is 0. The molecule has 1 amide bonds. The molecule has 1 aliphatic carbocycles. The van der Waals surface area contributed by atoms with Gasteiger partial charge in [0.15, 0.2) is 0 Å². The molecule has 3 rings (SSSR count). The summed E-state index contributed by atoms with van der Waals surface area (Å²) in [7, 11) is 0. The maximum atomic E-state index is 12.3. The van der Waals surface area contributed by atoms with Crippen LogP contribution in [0.25, 0.3) is 0 Å². The largest absolute Gasteiger partial charge is 0.393 e. The molecular weight excluding hydrogens is 288 g/mol. The van der Waals surface area contributed by atoms with Gasteiger partial charge >= 0.3 is 0 Å². The fraction of sp³-hybridized carbons (Fsp3) is 0.632. The topological polar surface area (TPSA) is 52.6 Å². The first kappa shape index (κ1) is 16.5.